The SMILES string of the molecule is O=C([C@H]1CCc2ccccc2C1)N1CCc2c(ncnc2N2CCOCC2)C1. The van der Waals surface area contributed by atoms with Crippen LogP contribution in [0, 0.1) is 5.92 Å². The number of aryl methyl sites for hydroxylation is 1. The van der Waals surface area contributed by atoms with E-state index in [1.54, 1.807) is 6.33 Å². The predicted octanol–water partition coefficient (Wildman–Crippen LogP) is 2.00. The number of benzene rings is 1. The lowest BCUT2D eigenvalue weighted by molar-refractivity contribution is -0.136. The van der Waals surface area contributed by atoms with Crippen LogP contribution in [0.1, 0.15) is 28.8 Å². The smallest absolute Gasteiger partial charge is 0.226 e. The summed E-state index contributed by atoms with van der Waals surface area (Å²) in [6.07, 6.45) is 5.29. The molecule has 28 heavy (non-hydrogen) atoms. The van der Waals surface area contributed by atoms with Crippen LogP contribution >= 0.6 is 0 Å². The quantitative estimate of drug-likeness (QED) is 0.800. The Labute approximate surface area is 165 Å². The molecule has 146 valence electrons. The van der Waals surface area contributed by atoms with Crippen molar-refractivity contribution in [1.82, 2.24) is 14.9 Å². The molecule has 6 heteroatoms. The zero-order valence-corrected chi connectivity index (χ0v) is 16.1. The third-order valence-electron chi connectivity index (χ3n) is 6.30. The van der Waals surface area contributed by atoms with Gasteiger partial charge in [-0.05, 0) is 36.8 Å². The first-order chi connectivity index (χ1) is 13.8. The Morgan fingerprint density at radius 3 is 2.71 bits per heavy atom. The van der Waals surface area contributed by atoms with E-state index in [1.807, 2.05) is 4.90 Å². The second kappa shape index (κ2) is 7.51. The van der Waals surface area contributed by atoms with E-state index in [0.717, 1.165) is 70.0 Å². The van der Waals surface area contributed by atoms with Gasteiger partial charge >= 0.3 is 0 Å². The molecule has 1 fully saturated rings. The van der Waals surface area contributed by atoms with Crippen LogP contribution in [0.2, 0.25) is 0 Å². The van der Waals surface area contributed by atoms with Crippen molar-refractivity contribution in [3.8, 4) is 0 Å². The molecule has 1 aromatic carbocycles. The highest BCUT2D eigenvalue weighted by molar-refractivity contribution is 5.80. The molecule has 0 spiro atoms. The highest BCUT2D eigenvalue weighted by Crippen LogP contribution is 2.30. The predicted molar refractivity (Wildman–Crippen MR) is 106 cm³/mol. The molecule has 1 amide bonds. The van der Waals surface area contributed by atoms with Crippen molar-refractivity contribution >= 4 is 11.7 Å². The number of morpholine rings is 1. The van der Waals surface area contributed by atoms with Gasteiger partial charge in [0.1, 0.15) is 12.1 Å². The first-order valence-corrected chi connectivity index (χ1v) is 10.3. The largest absolute Gasteiger partial charge is 0.378 e. The zero-order valence-electron chi connectivity index (χ0n) is 16.1. The molecule has 6 nitrogen and oxygen atoms in total. The third kappa shape index (κ3) is 3.26. The molecule has 3 heterocycles. The maximum atomic E-state index is 13.2. The topological polar surface area (TPSA) is 58.6 Å². The Morgan fingerprint density at radius 2 is 1.86 bits per heavy atom. The highest BCUT2D eigenvalue weighted by Gasteiger charge is 2.32. The van der Waals surface area contributed by atoms with Gasteiger partial charge in [0.15, 0.2) is 0 Å². The number of amides is 1. The highest BCUT2D eigenvalue weighted by atomic mass is 16.5. The molecule has 0 radical (unpaired) electrons. The van der Waals surface area contributed by atoms with Crippen molar-refractivity contribution in [3.63, 3.8) is 0 Å². The molecular formula is C22H26N4O2. The summed E-state index contributed by atoms with van der Waals surface area (Å²) in [6, 6.07) is 8.53. The van der Waals surface area contributed by atoms with Gasteiger partial charge in [-0.3, -0.25) is 4.79 Å². The lowest BCUT2D eigenvalue weighted by Gasteiger charge is -2.35. The molecule has 2 aliphatic heterocycles. The lowest BCUT2D eigenvalue weighted by Crippen LogP contribution is -2.43. The number of carbonyl (C=O) groups excluding carboxylic acids is 1. The van der Waals surface area contributed by atoms with Crippen LogP contribution in [0.25, 0.3) is 0 Å². The summed E-state index contributed by atoms with van der Waals surface area (Å²) in [7, 11) is 0. The monoisotopic (exact) mass is 378 g/mol. The van der Waals surface area contributed by atoms with E-state index in [-0.39, 0.29) is 11.8 Å². The number of nitrogens with zero attached hydrogens (tertiary/aromatic N) is 4. The lowest BCUT2D eigenvalue weighted by atomic mass is 9.83. The van der Waals surface area contributed by atoms with E-state index in [9.17, 15) is 4.79 Å². The Kier molecular flexibility index (Phi) is 4.72. The van der Waals surface area contributed by atoms with Gasteiger partial charge in [-0.1, -0.05) is 24.3 Å². The second-order valence-corrected chi connectivity index (χ2v) is 7.94. The number of carbonyl (C=O) groups is 1. The fourth-order valence-electron chi connectivity index (χ4n) is 4.74. The van der Waals surface area contributed by atoms with Crippen molar-refractivity contribution in [2.45, 2.75) is 32.2 Å². The number of rotatable bonds is 2. The van der Waals surface area contributed by atoms with Crippen LogP contribution in [0.5, 0.6) is 0 Å². The molecule has 1 atom stereocenters. The van der Waals surface area contributed by atoms with E-state index in [1.165, 1.54) is 16.7 Å². The van der Waals surface area contributed by atoms with Crippen molar-refractivity contribution in [2.75, 3.05) is 37.7 Å². The molecule has 0 bridgehead atoms. The minimum Gasteiger partial charge on any atom is -0.378 e. The van der Waals surface area contributed by atoms with Crippen molar-refractivity contribution in [2.24, 2.45) is 5.92 Å². The number of anilines is 1. The summed E-state index contributed by atoms with van der Waals surface area (Å²) in [5, 5.41) is 0. The third-order valence-corrected chi connectivity index (χ3v) is 6.30. The summed E-state index contributed by atoms with van der Waals surface area (Å²) >= 11 is 0. The fourth-order valence-corrected chi connectivity index (χ4v) is 4.74. The molecule has 0 unspecified atom stereocenters. The van der Waals surface area contributed by atoms with Crippen LogP contribution in [-0.2, 0) is 35.3 Å². The average molecular weight is 378 g/mol. The molecule has 1 aliphatic carbocycles. The summed E-state index contributed by atoms with van der Waals surface area (Å²) < 4.78 is 5.47. The molecule has 0 saturated carbocycles. The van der Waals surface area contributed by atoms with Crippen molar-refractivity contribution < 1.29 is 9.53 Å². The molecule has 0 N–H and O–H groups in total. The van der Waals surface area contributed by atoms with Gasteiger partial charge < -0.3 is 14.5 Å². The van der Waals surface area contributed by atoms with Gasteiger partial charge in [0.25, 0.3) is 0 Å². The number of fused-ring (bicyclic) bond motifs is 2. The van der Waals surface area contributed by atoms with E-state index in [4.69, 9.17) is 4.74 Å². The van der Waals surface area contributed by atoms with Gasteiger partial charge in [0.05, 0.1) is 25.5 Å². The van der Waals surface area contributed by atoms with Crippen LogP contribution in [0.3, 0.4) is 0 Å². The van der Waals surface area contributed by atoms with Crippen LogP contribution in [0.15, 0.2) is 30.6 Å². The Morgan fingerprint density at radius 1 is 1.04 bits per heavy atom. The minimum absolute atomic E-state index is 0.0944. The molecule has 1 aromatic heterocycles. The van der Waals surface area contributed by atoms with Gasteiger partial charge in [0.2, 0.25) is 5.91 Å². The van der Waals surface area contributed by atoms with E-state index in [0.29, 0.717) is 6.54 Å². The number of ether oxygens (including phenoxy) is 1. The number of hydrogen-bond acceptors (Lipinski definition) is 5. The maximum Gasteiger partial charge on any atom is 0.226 e. The molecular weight excluding hydrogens is 352 g/mol. The number of hydrogen-bond donors (Lipinski definition) is 0. The normalized spacial score (nSPS) is 21.8. The summed E-state index contributed by atoms with van der Waals surface area (Å²) in [6.45, 7) is 4.58. The zero-order chi connectivity index (χ0) is 18.9. The molecule has 3 aliphatic rings. The van der Waals surface area contributed by atoms with Crippen LogP contribution < -0.4 is 4.90 Å². The summed E-state index contributed by atoms with van der Waals surface area (Å²) in [5.41, 5.74) is 4.95. The number of aromatic nitrogens is 2. The van der Waals surface area contributed by atoms with Crippen molar-refractivity contribution in [1.29, 1.82) is 0 Å². The fraction of sp³-hybridized carbons (Fsp3) is 0.500. The second-order valence-electron chi connectivity index (χ2n) is 7.94. The Balaban J connectivity index is 1.31. The van der Waals surface area contributed by atoms with Gasteiger partial charge in [-0.15, -0.1) is 0 Å². The standard InChI is InChI=1S/C22H26N4O2/c27-22(18-6-5-16-3-1-2-4-17(16)13-18)26-8-7-19-20(14-26)23-15-24-21(19)25-9-11-28-12-10-25/h1-4,15,18H,5-14H2/t18-/m0/s1. The molecule has 2 aromatic rings. The van der Waals surface area contributed by atoms with Gasteiger partial charge in [0, 0.05) is 31.1 Å². The van der Waals surface area contributed by atoms with E-state index >= 15 is 0 Å². The first kappa shape index (κ1) is 17.6. The average Bonchev–Trinajstić information content (AvgIpc) is 2.78. The van der Waals surface area contributed by atoms with E-state index in [2.05, 4.69) is 39.1 Å². The Bertz CT molecular complexity index is 879. The maximum absolute atomic E-state index is 13.2. The van der Waals surface area contributed by atoms with Crippen LogP contribution in [0.4, 0.5) is 5.82 Å². The molecule has 5 rings (SSSR count). The minimum atomic E-state index is 0.0944. The van der Waals surface area contributed by atoms with Gasteiger partial charge in [-0.2, -0.15) is 0 Å². The molecule has 1 saturated heterocycles. The Hall–Kier alpha value is -2.47. The van der Waals surface area contributed by atoms with Crippen molar-refractivity contribution in [3.05, 3.63) is 53.0 Å². The summed E-state index contributed by atoms with van der Waals surface area (Å²) in [4.78, 5) is 26.6. The van der Waals surface area contributed by atoms with Gasteiger partial charge in [-0.25, -0.2) is 9.97 Å². The first-order valence-electron chi connectivity index (χ1n) is 10.3. The van der Waals surface area contributed by atoms with Crippen LogP contribution in [-0.4, -0.2) is 53.6 Å². The van der Waals surface area contributed by atoms with E-state index < -0.39 is 0 Å². The summed E-state index contributed by atoms with van der Waals surface area (Å²) in [5.74, 6) is 1.41.